The third kappa shape index (κ3) is 3.04. The summed E-state index contributed by atoms with van der Waals surface area (Å²) in [6.45, 7) is 4.41. The highest BCUT2D eigenvalue weighted by Crippen LogP contribution is 2.23. The summed E-state index contributed by atoms with van der Waals surface area (Å²) in [4.78, 5) is 13.1. The van der Waals surface area contributed by atoms with E-state index in [9.17, 15) is 10.1 Å². The number of thiophene rings is 1. The molecular formula is C12H19N2O2S+. The lowest BCUT2D eigenvalue weighted by atomic mass is 10.00. The highest BCUT2D eigenvalue weighted by molar-refractivity contribution is 7.15. The molecule has 17 heavy (non-hydrogen) atoms. The summed E-state index contributed by atoms with van der Waals surface area (Å²) in [6, 6.07) is 4.28. The van der Waals surface area contributed by atoms with Crippen molar-refractivity contribution in [3.05, 3.63) is 27.1 Å². The predicted octanol–water partition coefficient (Wildman–Crippen LogP) is 2.00. The van der Waals surface area contributed by atoms with Gasteiger partial charge in [-0.05, 0) is 31.7 Å². The molecule has 0 aliphatic carbocycles. The maximum Gasteiger partial charge on any atom is 0.324 e. The van der Waals surface area contributed by atoms with Gasteiger partial charge in [0.25, 0.3) is 0 Å². The van der Waals surface area contributed by atoms with Crippen LogP contribution in [0.2, 0.25) is 0 Å². The highest BCUT2D eigenvalue weighted by atomic mass is 32.1. The SMILES string of the molecule is CC[C@H]1CCCC[NH+]1Cc1ccc([N+](=O)[O-])s1. The molecule has 1 unspecified atom stereocenters. The van der Waals surface area contributed by atoms with Crippen LogP contribution < -0.4 is 4.90 Å². The van der Waals surface area contributed by atoms with Crippen molar-refractivity contribution in [2.45, 2.75) is 45.2 Å². The Kier molecular flexibility index (Phi) is 4.12. The molecule has 2 heterocycles. The van der Waals surface area contributed by atoms with Crippen molar-refractivity contribution < 1.29 is 9.82 Å². The first-order valence-corrected chi connectivity index (χ1v) is 7.10. The number of rotatable bonds is 4. The quantitative estimate of drug-likeness (QED) is 0.661. The molecule has 1 aromatic rings. The third-order valence-electron chi connectivity index (χ3n) is 3.60. The zero-order valence-corrected chi connectivity index (χ0v) is 11.0. The summed E-state index contributed by atoms with van der Waals surface area (Å²) in [6.07, 6.45) is 5.15. The minimum atomic E-state index is -0.295. The van der Waals surface area contributed by atoms with Crippen LogP contribution in [0.1, 0.15) is 37.5 Å². The van der Waals surface area contributed by atoms with Gasteiger partial charge >= 0.3 is 5.00 Å². The molecule has 1 aliphatic rings. The molecule has 0 saturated carbocycles. The number of quaternary nitrogens is 1. The van der Waals surface area contributed by atoms with Gasteiger partial charge < -0.3 is 4.90 Å². The normalized spacial score (nSPS) is 24.8. The second-order valence-corrected chi connectivity index (χ2v) is 5.83. The van der Waals surface area contributed by atoms with Gasteiger partial charge in [0.1, 0.15) is 6.54 Å². The van der Waals surface area contributed by atoms with Crippen LogP contribution in [0.25, 0.3) is 0 Å². The van der Waals surface area contributed by atoms with E-state index in [0.717, 1.165) is 17.5 Å². The summed E-state index contributed by atoms with van der Waals surface area (Å²) in [7, 11) is 0. The highest BCUT2D eigenvalue weighted by Gasteiger charge is 2.25. The lowest BCUT2D eigenvalue weighted by Crippen LogP contribution is -3.15. The summed E-state index contributed by atoms with van der Waals surface area (Å²) >= 11 is 1.33. The van der Waals surface area contributed by atoms with E-state index in [-0.39, 0.29) is 9.92 Å². The largest absolute Gasteiger partial charge is 0.328 e. The topological polar surface area (TPSA) is 47.6 Å². The van der Waals surface area contributed by atoms with E-state index in [1.165, 1.54) is 43.6 Å². The number of nitrogens with one attached hydrogen (secondary N) is 1. The summed E-state index contributed by atoms with van der Waals surface area (Å²) in [5.74, 6) is 0. The van der Waals surface area contributed by atoms with E-state index in [1.807, 2.05) is 6.07 Å². The fraction of sp³-hybridized carbons (Fsp3) is 0.667. The summed E-state index contributed by atoms with van der Waals surface area (Å²) in [5, 5.41) is 10.9. The van der Waals surface area contributed by atoms with E-state index in [0.29, 0.717) is 0 Å². The smallest absolute Gasteiger partial charge is 0.324 e. The minimum Gasteiger partial charge on any atom is -0.328 e. The molecule has 1 saturated heterocycles. The van der Waals surface area contributed by atoms with Crippen molar-refractivity contribution >= 4 is 16.3 Å². The van der Waals surface area contributed by atoms with Gasteiger partial charge in [0.2, 0.25) is 0 Å². The van der Waals surface area contributed by atoms with Crippen LogP contribution in [-0.4, -0.2) is 17.5 Å². The van der Waals surface area contributed by atoms with Gasteiger partial charge in [0, 0.05) is 6.07 Å². The van der Waals surface area contributed by atoms with E-state index in [1.54, 1.807) is 11.0 Å². The van der Waals surface area contributed by atoms with Gasteiger partial charge in [-0.2, -0.15) is 0 Å². The Morgan fingerprint density at radius 3 is 3.00 bits per heavy atom. The molecule has 2 atom stereocenters. The number of nitro groups is 1. The van der Waals surface area contributed by atoms with Crippen LogP contribution in [0.3, 0.4) is 0 Å². The van der Waals surface area contributed by atoms with Gasteiger partial charge in [0.15, 0.2) is 0 Å². The minimum absolute atomic E-state index is 0.268. The van der Waals surface area contributed by atoms with Crippen LogP contribution in [-0.2, 0) is 6.54 Å². The van der Waals surface area contributed by atoms with Crippen LogP contribution in [0, 0.1) is 10.1 Å². The van der Waals surface area contributed by atoms with Crippen LogP contribution in [0.4, 0.5) is 5.00 Å². The third-order valence-corrected chi connectivity index (χ3v) is 4.64. The van der Waals surface area contributed by atoms with Crippen LogP contribution >= 0.6 is 11.3 Å². The maximum absolute atomic E-state index is 10.6. The van der Waals surface area contributed by atoms with Crippen molar-refractivity contribution in [3.63, 3.8) is 0 Å². The fourth-order valence-corrected chi connectivity index (χ4v) is 3.53. The Morgan fingerprint density at radius 2 is 2.35 bits per heavy atom. The first-order chi connectivity index (χ1) is 8.20. The number of piperidine rings is 1. The van der Waals surface area contributed by atoms with Crippen molar-refractivity contribution in [1.82, 2.24) is 0 Å². The summed E-state index contributed by atoms with van der Waals surface area (Å²) in [5.41, 5.74) is 0. The molecule has 0 radical (unpaired) electrons. The summed E-state index contributed by atoms with van der Waals surface area (Å²) < 4.78 is 0. The average Bonchev–Trinajstić information content (AvgIpc) is 2.78. The van der Waals surface area contributed by atoms with Gasteiger partial charge in [-0.15, -0.1) is 0 Å². The Hall–Kier alpha value is -0.940. The molecular weight excluding hydrogens is 236 g/mol. The van der Waals surface area contributed by atoms with Gasteiger partial charge in [-0.3, -0.25) is 10.1 Å². The standard InChI is InChI=1S/C12H18N2O2S/c1-2-10-5-3-4-8-13(10)9-11-6-7-12(17-11)14(15)16/h6-7,10H,2-5,8-9H2,1H3/p+1/t10-/m0/s1. The van der Waals surface area contributed by atoms with Crippen LogP contribution in [0.5, 0.6) is 0 Å². The number of nitrogens with zero attached hydrogens (tertiary/aromatic N) is 1. The predicted molar refractivity (Wildman–Crippen MR) is 68.4 cm³/mol. The van der Waals surface area contributed by atoms with Gasteiger partial charge in [0.05, 0.1) is 22.4 Å². The second kappa shape index (κ2) is 5.60. The molecule has 0 bridgehead atoms. The Bertz CT molecular complexity index is 392. The van der Waals surface area contributed by atoms with Gasteiger partial charge in [-0.1, -0.05) is 18.3 Å². The Labute approximate surface area is 105 Å². The monoisotopic (exact) mass is 255 g/mol. The number of hydrogen-bond donors (Lipinski definition) is 1. The first-order valence-electron chi connectivity index (χ1n) is 6.28. The molecule has 0 spiro atoms. The molecule has 5 heteroatoms. The average molecular weight is 255 g/mol. The molecule has 1 N–H and O–H groups in total. The lowest BCUT2D eigenvalue weighted by Gasteiger charge is -2.31. The Balaban J connectivity index is 2.00. The zero-order chi connectivity index (χ0) is 12.3. The number of likely N-dealkylation sites (tertiary alicyclic amines) is 1. The molecule has 0 aromatic carbocycles. The van der Waals surface area contributed by atoms with E-state index in [4.69, 9.17) is 0 Å². The van der Waals surface area contributed by atoms with Crippen molar-refractivity contribution in [2.75, 3.05) is 6.54 Å². The Morgan fingerprint density at radius 1 is 1.53 bits per heavy atom. The zero-order valence-electron chi connectivity index (χ0n) is 10.1. The van der Waals surface area contributed by atoms with Gasteiger partial charge in [-0.25, -0.2) is 0 Å². The van der Waals surface area contributed by atoms with Crippen LogP contribution in [0.15, 0.2) is 12.1 Å². The molecule has 2 rings (SSSR count). The lowest BCUT2D eigenvalue weighted by molar-refractivity contribution is -0.943. The number of hydrogen-bond acceptors (Lipinski definition) is 3. The van der Waals surface area contributed by atoms with E-state index < -0.39 is 0 Å². The molecule has 0 amide bonds. The van der Waals surface area contributed by atoms with Crippen molar-refractivity contribution in [2.24, 2.45) is 0 Å². The van der Waals surface area contributed by atoms with E-state index in [2.05, 4.69) is 6.92 Å². The molecule has 1 aromatic heterocycles. The second-order valence-electron chi connectivity index (χ2n) is 4.68. The first kappa shape index (κ1) is 12.5. The maximum atomic E-state index is 10.6. The molecule has 94 valence electrons. The van der Waals surface area contributed by atoms with E-state index >= 15 is 0 Å². The van der Waals surface area contributed by atoms with Crippen molar-refractivity contribution in [1.29, 1.82) is 0 Å². The van der Waals surface area contributed by atoms with Crippen molar-refractivity contribution in [3.8, 4) is 0 Å². The molecule has 1 aliphatic heterocycles. The fourth-order valence-electron chi connectivity index (χ4n) is 2.66. The molecule has 1 fully saturated rings. The molecule has 4 nitrogen and oxygen atoms in total.